The summed E-state index contributed by atoms with van der Waals surface area (Å²) in [4.78, 5) is 11.8. The highest BCUT2D eigenvalue weighted by atomic mass is 32.1. The fourth-order valence-electron chi connectivity index (χ4n) is 1.52. The maximum Gasteiger partial charge on any atom is 0.269 e. The van der Waals surface area contributed by atoms with Crippen LogP contribution in [0.5, 0.6) is 5.75 Å². The van der Waals surface area contributed by atoms with Gasteiger partial charge in [0.1, 0.15) is 5.75 Å². The number of hydrogen-bond donors (Lipinski definition) is 4. The standard InChI is InChI=1S/C14H13N3O2S/c18-12-8-4-5-10(9-12)13(19)16-17-14(20)15-11-6-2-1-3-7-11/h1-9,18H,(H,16,19)(H2,15,17,20). The van der Waals surface area contributed by atoms with Crippen LogP contribution in [0.3, 0.4) is 0 Å². The number of hydrogen-bond acceptors (Lipinski definition) is 3. The van der Waals surface area contributed by atoms with Crippen LogP contribution in [0.1, 0.15) is 10.4 Å². The molecule has 5 nitrogen and oxygen atoms in total. The second kappa shape index (κ2) is 6.53. The molecule has 0 radical (unpaired) electrons. The van der Waals surface area contributed by atoms with Crippen LogP contribution in [-0.2, 0) is 0 Å². The van der Waals surface area contributed by atoms with Crippen molar-refractivity contribution in [2.45, 2.75) is 0 Å². The first kappa shape index (κ1) is 13.8. The number of para-hydroxylation sites is 1. The van der Waals surface area contributed by atoms with E-state index < -0.39 is 5.91 Å². The average Bonchev–Trinajstić information content (AvgIpc) is 2.46. The van der Waals surface area contributed by atoms with Crippen LogP contribution in [0.25, 0.3) is 0 Å². The Morgan fingerprint density at radius 3 is 2.45 bits per heavy atom. The van der Waals surface area contributed by atoms with Crippen LogP contribution in [0.4, 0.5) is 5.69 Å². The Hall–Kier alpha value is -2.60. The molecule has 4 N–H and O–H groups in total. The minimum Gasteiger partial charge on any atom is -0.508 e. The highest BCUT2D eigenvalue weighted by molar-refractivity contribution is 7.80. The highest BCUT2D eigenvalue weighted by Gasteiger charge is 2.06. The third-order valence-corrected chi connectivity index (χ3v) is 2.63. The summed E-state index contributed by atoms with van der Waals surface area (Å²) in [6, 6.07) is 15.4. The minimum absolute atomic E-state index is 0.0302. The molecular weight excluding hydrogens is 274 g/mol. The van der Waals surface area contributed by atoms with Crippen molar-refractivity contribution >= 4 is 28.9 Å². The van der Waals surface area contributed by atoms with Crippen LogP contribution in [0.15, 0.2) is 54.6 Å². The van der Waals surface area contributed by atoms with Crippen molar-refractivity contribution in [2.75, 3.05) is 5.32 Å². The lowest BCUT2D eigenvalue weighted by atomic mass is 10.2. The molecule has 2 aromatic carbocycles. The number of nitrogens with one attached hydrogen (secondary N) is 3. The fourth-order valence-corrected chi connectivity index (χ4v) is 1.69. The Morgan fingerprint density at radius 2 is 1.75 bits per heavy atom. The number of phenolic OH excluding ortho intramolecular Hbond substituents is 1. The van der Waals surface area contributed by atoms with Crippen LogP contribution in [0.2, 0.25) is 0 Å². The van der Waals surface area contributed by atoms with E-state index in [9.17, 15) is 9.90 Å². The summed E-state index contributed by atoms with van der Waals surface area (Å²) in [5.41, 5.74) is 6.18. The lowest BCUT2D eigenvalue weighted by molar-refractivity contribution is 0.0944. The van der Waals surface area contributed by atoms with Crippen molar-refractivity contribution < 1.29 is 9.90 Å². The van der Waals surface area contributed by atoms with Crippen LogP contribution in [-0.4, -0.2) is 16.1 Å². The average molecular weight is 287 g/mol. The van der Waals surface area contributed by atoms with Gasteiger partial charge in [-0.05, 0) is 42.5 Å². The quantitative estimate of drug-likeness (QED) is 0.502. The first-order valence-electron chi connectivity index (χ1n) is 5.86. The van der Waals surface area contributed by atoms with Crippen LogP contribution >= 0.6 is 12.2 Å². The highest BCUT2D eigenvalue weighted by Crippen LogP contribution is 2.10. The molecule has 0 atom stereocenters. The number of aromatic hydroxyl groups is 1. The van der Waals surface area contributed by atoms with E-state index in [1.165, 1.54) is 12.1 Å². The monoisotopic (exact) mass is 287 g/mol. The Labute approximate surface area is 121 Å². The molecule has 0 aromatic heterocycles. The lowest BCUT2D eigenvalue weighted by Gasteiger charge is -2.11. The van der Waals surface area contributed by atoms with Gasteiger partial charge < -0.3 is 10.4 Å². The van der Waals surface area contributed by atoms with Gasteiger partial charge in [-0.15, -0.1) is 0 Å². The Kier molecular flexibility index (Phi) is 4.52. The van der Waals surface area contributed by atoms with Crippen molar-refractivity contribution in [3.05, 3.63) is 60.2 Å². The zero-order valence-corrected chi connectivity index (χ0v) is 11.3. The van der Waals surface area contributed by atoms with Gasteiger partial charge in [-0.25, -0.2) is 0 Å². The number of amides is 1. The molecule has 0 spiro atoms. The molecule has 0 bridgehead atoms. The van der Waals surface area contributed by atoms with Gasteiger partial charge in [0.25, 0.3) is 5.91 Å². The summed E-state index contributed by atoms with van der Waals surface area (Å²) in [6.45, 7) is 0. The topological polar surface area (TPSA) is 73.4 Å². The van der Waals surface area contributed by atoms with E-state index in [-0.39, 0.29) is 10.9 Å². The zero-order valence-electron chi connectivity index (χ0n) is 10.5. The van der Waals surface area contributed by atoms with Crippen molar-refractivity contribution in [3.8, 4) is 5.75 Å². The second-order valence-corrected chi connectivity index (χ2v) is 4.36. The fraction of sp³-hybridized carbons (Fsp3) is 0. The number of thiocarbonyl (C=S) groups is 1. The minimum atomic E-state index is -0.391. The largest absolute Gasteiger partial charge is 0.508 e. The van der Waals surface area contributed by atoms with Gasteiger partial charge >= 0.3 is 0 Å². The molecule has 102 valence electrons. The number of benzene rings is 2. The van der Waals surface area contributed by atoms with Crippen molar-refractivity contribution in [3.63, 3.8) is 0 Å². The summed E-state index contributed by atoms with van der Waals surface area (Å²) >= 11 is 5.04. The van der Waals surface area contributed by atoms with Crippen molar-refractivity contribution in [1.82, 2.24) is 10.9 Å². The molecule has 20 heavy (non-hydrogen) atoms. The molecule has 6 heteroatoms. The lowest BCUT2D eigenvalue weighted by Crippen LogP contribution is -2.43. The third-order valence-electron chi connectivity index (χ3n) is 2.43. The predicted octanol–water partition coefficient (Wildman–Crippen LogP) is 2.02. The zero-order chi connectivity index (χ0) is 14.4. The predicted molar refractivity (Wildman–Crippen MR) is 81.4 cm³/mol. The molecule has 0 fully saturated rings. The van der Waals surface area contributed by atoms with E-state index in [2.05, 4.69) is 16.2 Å². The first-order chi connectivity index (χ1) is 9.65. The van der Waals surface area contributed by atoms with Crippen LogP contribution < -0.4 is 16.2 Å². The number of rotatable bonds is 2. The van der Waals surface area contributed by atoms with E-state index in [0.717, 1.165) is 5.69 Å². The molecule has 0 saturated carbocycles. The van der Waals surface area contributed by atoms with Gasteiger partial charge in [0, 0.05) is 11.3 Å². The summed E-state index contributed by atoms with van der Waals surface area (Å²) in [5.74, 6) is -0.360. The van der Waals surface area contributed by atoms with Gasteiger partial charge in [0.15, 0.2) is 5.11 Å². The Balaban J connectivity index is 1.86. The number of hydrazine groups is 1. The number of carbonyl (C=O) groups is 1. The molecule has 2 aromatic rings. The van der Waals surface area contributed by atoms with Crippen molar-refractivity contribution in [2.24, 2.45) is 0 Å². The Morgan fingerprint density at radius 1 is 1.00 bits per heavy atom. The van der Waals surface area contributed by atoms with E-state index in [1.807, 2.05) is 30.3 Å². The Bertz CT molecular complexity index is 617. The normalized spacial score (nSPS) is 9.60. The van der Waals surface area contributed by atoms with Gasteiger partial charge in [0.2, 0.25) is 0 Å². The molecule has 2 rings (SSSR count). The second-order valence-electron chi connectivity index (χ2n) is 3.95. The molecule has 1 amide bonds. The van der Waals surface area contributed by atoms with Gasteiger partial charge in [-0.2, -0.15) is 0 Å². The number of carbonyl (C=O) groups excluding carboxylic acids is 1. The first-order valence-corrected chi connectivity index (χ1v) is 6.27. The van der Waals surface area contributed by atoms with Gasteiger partial charge in [-0.1, -0.05) is 24.3 Å². The SMILES string of the molecule is O=C(NNC(=S)Nc1ccccc1)c1cccc(O)c1. The number of anilines is 1. The molecule has 0 saturated heterocycles. The summed E-state index contributed by atoms with van der Waals surface area (Å²) in [5, 5.41) is 12.5. The maximum atomic E-state index is 11.8. The van der Waals surface area contributed by atoms with Gasteiger partial charge in [-0.3, -0.25) is 15.6 Å². The summed E-state index contributed by atoms with van der Waals surface area (Å²) in [6.07, 6.45) is 0. The van der Waals surface area contributed by atoms with E-state index in [4.69, 9.17) is 12.2 Å². The summed E-state index contributed by atoms with van der Waals surface area (Å²) in [7, 11) is 0. The molecule has 0 aliphatic carbocycles. The molecule has 0 aliphatic heterocycles. The van der Waals surface area contributed by atoms with Gasteiger partial charge in [0.05, 0.1) is 0 Å². The third kappa shape index (κ3) is 3.96. The molecular formula is C14H13N3O2S. The van der Waals surface area contributed by atoms with E-state index in [0.29, 0.717) is 5.56 Å². The molecule has 0 heterocycles. The summed E-state index contributed by atoms with van der Waals surface area (Å²) < 4.78 is 0. The maximum absolute atomic E-state index is 11.8. The van der Waals surface area contributed by atoms with Crippen molar-refractivity contribution in [1.29, 1.82) is 0 Å². The number of phenols is 1. The van der Waals surface area contributed by atoms with E-state index in [1.54, 1.807) is 12.1 Å². The molecule has 0 unspecified atom stereocenters. The van der Waals surface area contributed by atoms with E-state index >= 15 is 0 Å². The molecule has 0 aliphatic rings. The smallest absolute Gasteiger partial charge is 0.269 e. The van der Waals surface area contributed by atoms with Crippen LogP contribution in [0, 0.1) is 0 Å².